The number of hydrogen-bond acceptors (Lipinski definition) is 4. The second-order valence-corrected chi connectivity index (χ2v) is 4.37. The number of ether oxygens (including phenoxy) is 1. The molecule has 1 aromatic rings. The first-order chi connectivity index (χ1) is 7.60. The van der Waals surface area contributed by atoms with E-state index in [1.54, 1.807) is 12.1 Å². The van der Waals surface area contributed by atoms with Crippen molar-refractivity contribution < 1.29 is 14.9 Å². The van der Waals surface area contributed by atoms with Gasteiger partial charge in [0, 0.05) is 5.54 Å². The van der Waals surface area contributed by atoms with Crippen LogP contribution in [0.25, 0.3) is 0 Å². The number of aromatic hydroxyl groups is 2. The third-order valence-corrected chi connectivity index (χ3v) is 3.26. The zero-order valence-corrected chi connectivity index (χ0v) is 9.58. The summed E-state index contributed by atoms with van der Waals surface area (Å²) < 4.78 is 5.00. The molecule has 4 heteroatoms. The lowest BCUT2D eigenvalue weighted by molar-refractivity contribution is 0.350. The SMILES string of the molecule is CNC1(Cc2cc(O)c(O)c(OC)c2)CC1. The number of benzene rings is 1. The van der Waals surface area contributed by atoms with Crippen molar-refractivity contribution in [2.24, 2.45) is 0 Å². The Labute approximate surface area is 94.9 Å². The Bertz CT molecular complexity index is 399. The number of methoxy groups -OCH3 is 1. The van der Waals surface area contributed by atoms with Crippen LogP contribution in [0, 0.1) is 0 Å². The van der Waals surface area contributed by atoms with Gasteiger partial charge in [0.05, 0.1) is 7.11 Å². The third-order valence-electron chi connectivity index (χ3n) is 3.26. The summed E-state index contributed by atoms with van der Waals surface area (Å²) in [4.78, 5) is 0. The van der Waals surface area contributed by atoms with Crippen molar-refractivity contribution in [3.05, 3.63) is 17.7 Å². The molecule has 0 bridgehead atoms. The van der Waals surface area contributed by atoms with Crippen LogP contribution in [0.1, 0.15) is 18.4 Å². The van der Waals surface area contributed by atoms with Gasteiger partial charge in [0.15, 0.2) is 11.5 Å². The molecule has 0 heterocycles. The summed E-state index contributed by atoms with van der Waals surface area (Å²) in [5.74, 6) is 0.00344. The van der Waals surface area contributed by atoms with Crippen molar-refractivity contribution in [3.8, 4) is 17.2 Å². The minimum Gasteiger partial charge on any atom is -0.504 e. The van der Waals surface area contributed by atoms with Crippen molar-refractivity contribution in [3.63, 3.8) is 0 Å². The molecule has 0 aliphatic heterocycles. The summed E-state index contributed by atoms with van der Waals surface area (Å²) in [6.07, 6.45) is 3.13. The Balaban J connectivity index is 2.25. The summed E-state index contributed by atoms with van der Waals surface area (Å²) in [6.45, 7) is 0. The van der Waals surface area contributed by atoms with Gasteiger partial charge in [-0.3, -0.25) is 0 Å². The van der Waals surface area contributed by atoms with E-state index in [2.05, 4.69) is 5.32 Å². The third kappa shape index (κ3) is 1.93. The van der Waals surface area contributed by atoms with Crippen molar-refractivity contribution in [2.75, 3.05) is 14.2 Å². The minimum atomic E-state index is -0.194. The summed E-state index contributed by atoms with van der Waals surface area (Å²) >= 11 is 0. The Morgan fingerprint density at radius 3 is 2.56 bits per heavy atom. The number of likely N-dealkylation sites (N-methyl/N-ethyl adjacent to an activating group) is 1. The summed E-state index contributed by atoms with van der Waals surface area (Å²) in [7, 11) is 3.42. The highest BCUT2D eigenvalue weighted by Gasteiger charge is 2.40. The van der Waals surface area contributed by atoms with Crippen LogP contribution in [-0.2, 0) is 6.42 Å². The highest BCUT2D eigenvalue weighted by atomic mass is 16.5. The van der Waals surface area contributed by atoms with Crippen molar-refractivity contribution in [1.82, 2.24) is 5.32 Å². The molecule has 1 aliphatic carbocycles. The molecule has 0 radical (unpaired) electrons. The maximum absolute atomic E-state index is 9.55. The van der Waals surface area contributed by atoms with E-state index in [0.29, 0.717) is 5.75 Å². The molecule has 1 aromatic carbocycles. The molecule has 1 aliphatic rings. The van der Waals surface area contributed by atoms with Crippen molar-refractivity contribution >= 4 is 0 Å². The van der Waals surface area contributed by atoms with E-state index in [1.807, 2.05) is 7.05 Å². The zero-order chi connectivity index (χ0) is 11.8. The topological polar surface area (TPSA) is 61.7 Å². The van der Waals surface area contributed by atoms with Crippen molar-refractivity contribution in [2.45, 2.75) is 24.8 Å². The fraction of sp³-hybridized carbons (Fsp3) is 0.500. The smallest absolute Gasteiger partial charge is 0.200 e. The largest absolute Gasteiger partial charge is 0.504 e. The predicted molar refractivity (Wildman–Crippen MR) is 61.1 cm³/mol. The molecule has 2 rings (SSSR count). The first kappa shape index (κ1) is 11.1. The van der Waals surface area contributed by atoms with E-state index in [0.717, 1.165) is 24.8 Å². The molecule has 3 N–H and O–H groups in total. The van der Waals surface area contributed by atoms with Gasteiger partial charge >= 0.3 is 0 Å². The monoisotopic (exact) mass is 223 g/mol. The molecule has 1 fully saturated rings. The van der Waals surface area contributed by atoms with Crippen LogP contribution >= 0.6 is 0 Å². The predicted octanol–water partition coefficient (Wildman–Crippen LogP) is 1.40. The number of phenolic OH excluding ortho intramolecular Hbond substituents is 2. The van der Waals surface area contributed by atoms with Crippen LogP contribution in [0.3, 0.4) is 0 Å². The van der Waals surface area contributed by atoms with Gasteiger partial charge in [0.2, 0.25) is 5.75 Å². The summed E-state index contributed by atoms with van der Waals surface area (Å²) in [5.41, 5.74) is 1.15. The standard InChI is InChI=1S/C12H17NO3/c1-13-12(3-4-12)7-8-5-9(14)11(15)10(6-8)16-2/h5-6,13-15H,3-4,7H2,1-2H3. The first-order valence-corrected chi connectivity index (χ1v) is 5.38. The minimum absolute atomic E-state index is 0.124. The van der Waals surface area contributed by atoms with Gasteiger partial charge < -0.3 is 20.3 Å². The lowest BCUT2D eigenvalue weighted by atomic mass is 10.0. The van der Waals surface area contributed by atoms with Gasteiger partial charge in [-0.25, -0.2) is 0 Å². The molecule has 0 amide bonds. The van der Waals surface area contributed by atoms with Gasteiger partial charge in [0.1, 0.15) is 0 Å². The first-order valence-electron chi connectivity index (χ1n) is 5.38. The van der Waals surface area contributed by atoms with Gasteiger partial charge in [-0.15, -0.1) is 0 Å². The average Bonchev–Trinajstić information content (AvgIpc) is 3.04. The summed E-state index contributed by atoms with van der Waals surface area (Å²) in [5, 5.41) is 22.3. The molecular weight excluding hydrogens is 206 g/mol. The molecule has 0 saturated heterocycles. The number of rotatable bonds is 4. The summed E-state index contributed by atoms with van der Waals surface area (Å²) in [6, 6.07) is 3.36. The van der Waals surface area contributed by atoms with Gasteiger partial charge in [-0.2, -0.15) is 0 Å². The molecule has 16 heavy (non-hydrogen) atoms. The van der Waals surface area contributed by atoms with E-state index < -0.39 is 0 Å². The van der Waals surface area contributed by atoms with E-state index in [-0.39, 0.29) is 17.0 Å². The Kier molecular flexibility index (Phi) is 2.68. The fourth-order valence-electron chi connectivity index (χ4n) is 1.96. The van der Waals surface area contributed by atoms with Gasteiger partial charge in [-0.05, 0) is 44.0 Å². The molecule has 4 nitrogen and oxygen atoms in total. The number of hydrogen-bond donors (Lipinski definition) is 3. The fourth-order valence-corrected chi connectivity index (χ4v) is 1.96. The lowest BCUT2D eigenvalue weighted by Gasteiger charge is -2.15. The van der Waals surface area contributed by atoms with Gasteiger partial charge in [-0.1, -0.05) is 0 Å². The molecule has 0 aromatic heterocycles. The lowest BCUT2D eigenvalue weighted by Crippen LogP contribution is -2.29. The molecule has 1 saturated carbocycles. The van der Waals surface area contributed by atoms with E-state index >= 15 is 0 Å². The van der Waals surface area contributed by atoms with Crippen LogP contribution in [-0.4, -0.2) is 29.9 Å². The van der Waals surface area contributed by atoms with Crippen LogP contribution in [0.2, 0.25) is 0 Å². The van der Waals surface area contributed by atoms with Gasteiger partial charge in [0.25, 0.3) is 0 Å². The van der Waals surface area contributed by atoms with Crippen LogP contribution in [0.4, 0.5) is 0 Å². The maximum atomic E-state index is 9.55. The molecule has 88 valence electrons. The van der Waals surface area contributed by atoms with Crippen molar-refractivity contribution in [1.29, 1.82) is 0 Å². The van der Waals surface area contributed by atoms with E-state index in [4.69, 9.17) is 4.74 Å². The van der Waals surface area contributed by atoms with Crippen LogP contribution < -0.4 is 10.1 Å². The highest BCUT2D eigenvalue weighted by Crippen LogP contribution is 2.42. The quantitative estimate of drug-likeness (QED) is 0.675. The Morgan fingerprint density at radius 2 is 2.06 bits per heavy atom. The molecule has 0 unspecified atom stereocenters. The Hall–Kier alpha value is -1.42. The van der Waals surface area contributed by atoms with E-state index in [9.17, 15) is 10.2 Å². The maximum Gasteiger partial charge on any atom is 0.200 e. The highest BCUT2D eigenvalue weighted by molar-refractivity contribution is 5.52. The molecular formula is C12H17NO3. The Morgan fingerprint density at radius 1 is 1.38 bits per heavy atom. The second-order valence-electron chi connectivity index (χ2n) is 4.37. The van der Waals surface area contributed by atoms with Crippen LogP contribution in [0.5, 0.6) is 17.2 Å². The zero-order valence-electron chi connectivity index (χ0n) is 9.58. The number of phenols is 2. The average molecular weight is 223 g/mol. The normalized spacial score (nSPS) is 17.1. The van der Waals surface area contributed by atoms with E-state index in [1.165, 1.54) is 7.11 Å². The molecule has 0 atom stereocenters. The number of nitrogens with one attached hydrogen (secondary N) is 1. The van der Waals surface area contributed by atoms with Crippen LogP contribution in [0.15, 0.2) is 12.1 Å². The second kappa shape index (κ2) is 3.87. The molecule has 0 spiro atoms.